The number of aliphatic hydroxyl groups excluding tert-OH is 1. The lowest BCUT2D eigenvalue weighted by Gasteiger charge is -2.17. The Morgan fingerprint density at radius 1 is 1.19 bits per heavy atom. The highest BCUT2D eigenvalue weighted by molar-refractivity contribution is 7.07. The molecule has 0 bridgehead atoms. The van der Waals surface area contributed by atoms with Crippen molar-refractivity contribution in [1.82, 2.24) is 15.2 Å². The van der Waals surface area contributed by atoms with E-state index >= 15 is 0 Å². The van der Waals surface area contributed by atoms with E-state index in [2.05, 4.69) is 25.8 Å². The summed E-state index contributed by atoms with van der Waals surface area (Å²) in [5.74, 6) is 0.137. The van der Waals surface area contributed by atoms with Crippen LogP contribution in [0.2, 0.25) is 0 Å². The normalized spacial score (nSPS) is 12.0. The quantitative estimate of drug-likeness (QED) is 0.577. The van der Waals surface area contributed by atoms with Gasteiger partial charge in [-0.3, -0.25) is 4.79 Å². The molecule has 2 heterocycles. The van der Waals surface area contributed by atoms with Crippen molar-refractivity contribution in [3.8, 4) is 11.3 Å². The number of benzene rings is 1. The maximum absolute atomic E-state index is 12.0. The van der Waals surface area contributed by atoms with Gasteiger partial charge in [-0.25, -0.2) is 4.98 Å². The smallest absolute Gasteiger partial charge is 0.276 e. The zero-order chi connectivity index (χ0) is 18.5. The van der Waals surface area contributed by atoms with Gasteiger partial charge in [0.15, 0.2) is 5.82 Å². The Balaban J connectivity index is 1.71. The number of carbonyl (C=O) groups is 1. The largest absolute Gasteiger partial charge is 0.374 e. The van der Waals surface area contributed by atoms with Gasteiger partial charge in [0.05, 0.1) is 11.2 Å². The molecule has 134 valence electrons. The van der Waals surface area contributed by atoms with E-state index in [0.29, 0.717) is 17.2 Å². The maximum Gasteiger partial charge on any atom is 0.276 e. The summed E-state index contributed by atoms with van der Waals surface area (Å²) in [6, 6.07) is 11.0. The molecule has 7 nitrogen and oxygen atoms in total. The number of carbonyl (C=O) groups excluding carboxylic acids is 1. The Bertz CT molecular complexity index is 866. The van der Waals surface area contributed by atoms with Crippen LogP contribution in [-0.2, 0) is 0 Å². The van der Waals surface area contributed by atoms with E-state index in [9.17, 15) is 9.90 Å². The van der Waals surface area contributed by atoms with Gasteiger partial charge in [-0.15, -0.1) is 21.5 Å². The molecule has 1 unspecified atom stereocenters. The fourth-order valence-electron chi connectivity index (χ4n) is 2.16. The van der Waals surface area contributed by atoms with Crippen LogP contribution in [0.25, 0.3) is 11.3 Å². The second-order valence-electron chi connectivity index (χ2n) is 6.05. The van der Waals surface area contributed by atoms with Crippen molar-refractivity contribution < 1.29 is 9.90 Å². The van der Waals surface area contributed by atoms with Crippen LogP contribution in [0.5, 0.6) is 0 Å². The van der Waals surface area contributed by atoms with Crippen LogP contribution < -0.4 is 10.6 Å². The van der Waals surface area contributed by atoms with Gasteiger partial charge in [0.2, 0.25) is 0 Å². The lowest BCUT2D eigenvalue weighted by atomic mass is 10.1. The third-order valence-corrected chi connectivity index (χ3v) is 4.26. The highest BCUT2D eigenvalue weighted by atomic mass is 32.1. The van der Waals surface area contributed by atoms with Crippen molar-refractivity contribution >= 4 is 28.7 Å². The molecule has 1 amide bonds. The summed E-state index contributed by atoms with van der Waals surface area (Å²) in [6.07, 6.45) is -0.625. The van der Waals surface area contributed by atoms with Gasteiger partial charge in [-0.2, -0.15) is 0 Å². The average molecular weight is 369 g/mol. The van der Waals surface area contributed by atoms with Gasteiger partial charge in [-0.05, 0) is 30.2 Å². The molecule has 0 aliphatic heterocycles. The highest BCUT2D eigenvalue weighted by Crippen LogP contribution is 2.22. The molecule has 3 aromatic rings. The van der Waals surface area contributed by atoms with Gasteiger partial charge < -0.3 is 15.7 Å². The summed E-state index contributed by atoms with van der Waals surface area (Å²) >= 11 is 1.35. The van der Waals surface area contributed by atoms with Crippen LogP contribution in [0.4, 0.5) is 11.5 Å². The van der Waals surface area contributed by atoms with E-state index in [4.69, 9.17) is 0 Å². The molecule has 0 aliphatic rings. The molecular weight excluding hydrogens is 350 g/mol. The minimum Gasteiger partial charge on any atom is -0.374 e. The number of aromatic nitrogens is 3. The Morgan fingerprint density at radius 2 is 2.04 bits per heavy atom. The number of thiazole rings is 1. The molecule has 0 spiro atoms. The van der Waals surface area contributed by atoms with Crippen LogP contribution in [0.3, 0.4) is 0 Å². The first kappa shape index (κ1) is 18.0. The molecule has 26 heavy (non-hydrogen) atoms. The van der Waals surface area contributed by atoms with E-state index < -0.39 is 6.23 Å². The number of amides is 1. The third kappa shape index (κ3) is 4.41. The predicted molar refractivity (Wildman–Crippen MR) is 102 cm³/mol. The zero-order valence-corrected chi connectivity index (χ0v) is 15.2. The van der Waals surface area contributed by atoms with Gasteiger partial charge in [0.1, 0.15) is 11.9 Å². The molecule has 3 N–H and O–H groups in total. The van der Waals surface area contributed by atoms with Gasteiger partial charge >= 0.3 is 0 Å². The monoisotopic (exact) mass is 369 g/mol. The van der Waals surface area contributed by atoms with Crippen LogP contribution in [0.1, 0.15) is 24.3 Å². The number of nitrogens with one attached hydrogen (secondary N) is 2. The molecule has 1 aromatic carbocycles. The first-order chi connectivity index (χ1) is 12.5. The Kier molecular flexibility index (Phi) is 5.55. The van der Waals surface area contributed by atoms with Crippen molar-refractivity contribution in [3.05, 3.63) is 53.0 Å². The van der Waals surface area contributed by atoms with Crippen LogP contribution in [0, 0.1) is 5.92 Å². The number of hydrogen-bond donors (Lipinski definition) is 3. The first-order valence-electron chi connectivity index (χ1n) is 8.11. The molecule has 0 fully saturated rings. The Hall–Kier alpha value is -2.84. The lowest BCUT2D eigenvalue weighted by molar-refractivity contribution is 0.102. The van der Waals surface area contributed by atoms with Crippen LogP contribution in [-0.4, -0.2) is 32.4 Å². The molecule has 0 radical (unpaired) electrons. The molecule has 0 saturated carbocycles. The first-order valence-corrected chi connectivity index (χ1v) is 9.05. The molecule has 0 aliphatic carbocycles. The Morgan fingerprint density at radius 3 is 2.69 bits per heavy atom. The second kappa shape index (κ2) is 8.03. The molecule has 1 atom stereocenters. The topological polar surface area (TPSA) is 100 Å². The SMILES string of the molecule is CC(C)C(O)Nc1cccc(-c2ccc(NC(=O)c3cscn3)nn2)c1. The van der Waals surface area contributed by atoms with Crippen molar-refractivity contribution in [2.24, 2.45) is 5.92 Å². The minimum absolute atomic E-state index is 0.0964. The van der Waals surface area contributed by atoms with Crippen molar-refractivity contribution in [2.75, 3.05) is 10.6 Å². The number of hydrogen-bond acceptors (Lipinski definition) is 7. The minimum atomic E-state index is -0.625. The summed E-state index contributed by atoms with van der Waals surface area (Å²) in [4.78, 5) is 15.9. The van der Waals surface area contributed by atoms with Gasteiger partial charge in [-0.1, -0.05) is 26.0 Å². The fraction of sp³-hybridized carbons (Fsp3) is 0.222. The summed E-state index contributed by atoms with van der Waals surface area (Å²) < 4.78 is 0. The van der Waals surface area contributed by atoms with Gasteiger partial charge in [0.25, 0.3) is 5.91 Å². The lowest BCUT2D eigenvalue weighted by Crippen LogP contribution is -2.24. The number of rotatable bonds is 6. The van der Waals surface area contributed by atoms with E-state index in [1.54, 1.807) is 23.0 Å². The van der Waals surface area contributed by atoms with E-state index in [0.717, 1.165) is 11.3 Å². The van der Waals surface area contributed by atoms with Crippen molar-refractivity contribution in [2.45, 2.75) is 20.1 Å². The van der Waals surface area contributed by atoms with Crippen LogP contribution >= 0.6 is 11.3 Å². The highest BCUT2D eigenvalue weighted by Gasteiger charge is 2.11. The molecular formula is C18H19N5O2S. The predicted octanol–water partition coefficient (Wildman–Crippen LogP) is 3.24. The van der Waals surface area contributed by atoms with Gasteiger partial charge in [0, 0.05) is 16.6 Å². The molecule has 3 rings (SSSR count). The van der Waals surface area contributed by atoms with Crippen LogP contribution in [0.15, 0.2) is 47.3 Å². The van der Waals surface area contributed by atoms with Crippen molar-refractivity contribution in [3.63, 3.8) is 0 Å². The zero-order valence-electron chi connectivity index (χ0n) is 14.4. The van der Waals surface area contributed by atoms with Crippen molar-refractivity contribution in [1.29, 1.82) is 0 Å². The summed E-state index contributed by atoms with van der Waals surface area (Å²) in [5, 5.41) is 25.5. The second-order valence-corrected chi connectivity index (χ2v) is 6.76. The standard InChI is InChI=1S/C18H19N5O2S/c1-11(2)17(24)20-13-5-3-4-12(8-13)14-6-7-16(23-22-14)21-18(25)15-9-26-10-19-15/h3-11,17,20,24H,1-2H3,(H,21,23,25). The average Bonchev–Trinajstić information content (AvgIpc) is 3.17. The molecule has 0 saturated heterocycles. The third-order valence-electron chi connectivity index (χ3n) is 3.68. The fourth-order valence-corrected chi connectivity index (χ4v) is 2.70. The number of anilines is 2. The molecule has 8 heteroatoms. The van der Waals surface area contributed by atoms with E-state index in [1.807, 2.05) is 38.1 Å². The molecule has 2 aromatic heterocycles. The number of aliphatic hydroxyl groups is 1. The Labute approximate surface area is 155 Å². The van der Waals surface area contributed by atoms with E-state index in [1.165, 1.54) is 11.3 Å². The van der Waals surface area contributed by atoms with E-state index in [-0.39, 0.29) is 11.8 Å². The summed E-state index contributed by atoms with van der Waals surface area (Å²) in [5.41, 5.74) is 4.27. The summed E-state index contributed by atoms with van der Waals surface area (Å²) in [7, 11) is 0. The number of nitrogens with zero attached hydrogens (tertiary/aromatic N) is 3. The maximum atomic E-state index is 12.0. The summed E-state index contributed by atoms with van der Waals surface area (Å²) in [6.45, 7) is 3.87.